The van der Waals surface area contributed by atoms with Crippen molar-refractivity contribution in [2.24, 2.45) is 4.99 Å². The molecule has 1 aliphatic heterocycles. The molecular formula is C24H17ClF3N5O3. The minimum atomic E-state index is -4.92. The summed E-state index contributed by atoms with van der Waals surface area (Å²) in [6.45, 7) is -0.139. The molecule has 2 aromatic carbocycles. The van der Waals surface area contributed by atoms with Crippen LogP contribution in [0.3, 0.4) is 0 Å². The molecular weight excluding hydrogens is 499 g/mol. The number of aliphatic hydroxyl groups excluding tert-OH is 1. The number of allylic oxidation sites excluding steroid dienone is 1. The van der Waals surface area contributed by atoms with Crippen molar-refractivity contribution in [3.05, 3.63) is 82.2 Å². The van der Waals surface area contributed by atoms with E-state index in [9.17, 15) is 18.3 Å². The van der Waals surface area contributed by atoms with Crippen LogP contribution < -0.4 is 9.47 Å². The maximum atomic E-state index is 13.7. The molecule has 184 valence electrons. The number of aliphatic hydroxyl groups is 1. The zero-order valence-corrected chi connectivity index (χ0v) is 19.3. The fourth-order valence-electron chi connectivity index (χ4n) is 3.44. The molecule has 36 heavy (non-hydrogen) atoms. The predicted molar refractivity (Wildman–Crippen MR) is 124 cm³/mol. The monoisotopic (exact) mass is 515 g/mol. The van der Waals surface area contributed by atoms with Gasteiger partial charge in [-0.15, -0.1) is 10.2 Å². The van der Waals surface area contributed by atoms with Gasteiger partial charge in [-0.2, -0.15) is 18.4 Å². The first kappa shape index (κ1) is 25.0. The van der Waals surface area contributed by atoms with Crippen LogP contribution in [-0.4, -0.2) is 46.1 Å². The Morgan fingerprint density at radius 2 is 1.89 bits per heavy atom. The second-order valence-corrected chi connectivity index (χ2v) is 7.96. The number of nitrogens with zero attached hydrogens (tertiary/aromatic N) is 5. The van der Waals surface area contributed by atoms with Crippen LogP contribution in [-0.2, 0) is 6.54 Å². The Balaban J connectivity index is 1.68. The largest absolute Gasteiger partial charge is 0.480 e. The highest BCUT2D eigenvalue weighted by atomic mass is 35.5. The van der Waals surface area contributed by atoms with Crippen molar-refractivity contribution in [3.63, 3.8) is 0 Å². The van der Waals surface area contributed by atoms with Gasteiger partial charge < -0.3 is 19.5 Å². The van der Waals surface area contributed by atoms with Crippen molar-refractivity contribution in [2.45, 2.75) is 18.9 Å². The van der Waals surface area contributed by atoms with Gasteiger partial charge in [-0.3, -0.25) is 0 Å². The number of rotatable bonds is 6. The van der Waals surface area contributed by atoms with E-state index in [0.29, 0.717) is 11.3 Å². The van der Waals surface area contributed by atoms with Gasteiger partial charge in [-0.05, 0) is 24.3 Å². The first-order chi connectivity index (χ1) is 17.2. The summed E-state index contributed by atoms with van der Waals surface area (Å²) in [5.74, 6) is -0.918. The molecule has 12 heteroatoms. The summed E-state index contributed by atoms with van der Waals surface area (Å²) in [6.07, 6.45) is -5.95. The number of halogens is 4. The minimum absolute atomic E-state index is 0.0679. The van der Waals surface area contributed by atoms with Gasteiger partial charge in [0.25, 0.3) is 0 Å². The molecule has 0 aliphatic carbocycles. The molecule has 0 fully saturated rings. The van der Waals surface area contributed by atoms with E-state index < -0.39 is 23.9 Å². The molecule has 1 aliphatic rings. The second kappa shape index (κ2) is 10.2. The number of alkyl halides is 3. The molecule has 8 nitrogen and oxygen atoms in total. The van der Waals surface area contributed by atoms with Crippen LogP contribution in [0.4, 0.5) is 13.2 Å². The maximum absolute atomic E-state index is 13.7. The van der Waals surface area contributed by atoms with E-state index in [1.807, 2.05) is 36.4 Å². The van der Waals surface area contributed by atoms with Gasteiger partial charge in [0.15, 0.2) is 17.7 Å². The molecule has 0 spiro atoms. The summed E-state index contributed by atoms with van der Waals surface area (Å²) >= 11 is 5.95. The molecule has 3 aromatic rings. The van der Waals surface area contributed by atoms with Crippen LogP contribution in [0.5, 0.6) is 11.6 Å². The van der Waals surface area contributed by atoms with Crippen LogP contribution in [0.2, 0.25) is 5.02 Å². The summed E-state index contributed by atoms with van der Waals surface area (Å²) in [7, 11) is 1.37. The van der Waals surface area contributed by atoms with Crippen LogP contribution in [0, 0.1) is 11.3 Å². The zero-order chi connectivity index (χ0) is 25.9. The lowest BCUT2D eigenvalue weighted by Gasteiger charge is -2.32. The summed E-state index contributed by atoms with van der Waals surface area (Å²) in [5.41, 5.74) is 0.342. The Kier molecular flexibility index (Phi) is 7.10. The highest BCUT2D eigenvalue weighted by Gasteiger charge is 2.43. The van der Waals surface area contributed by atoms with Gasteiger partial charge in [0, 0.05) is 16.1 Å². The summed E-state index contributed by atoms with van der Waals surface area (Å²) in [6, 6.07) is 16.4. The smallest absolute Gasteiger partial charge is 0.436 e. The standard InChI is InChI=1S/C24H17ClF3N5O3/c1-35-22-16(9-19(31-32-22)15-5-3-2-4-6-15)12-33-13-30-21(24(26,27)28)20(23(33)34)36-18-8-14(11-29)7-17(25)10-18/h2-10,13,23,34H,12H2,1H3. The number of hydrogen-bond acceptors (Lipinski definition) is 8. The Bertz CT molecular complexity index is 1370. The quantitative estimate of drug-likeness (QED) is 0.508. The Labute approximate surface area is 208 Å². The molecule has 1 atom stereocenters. The third-order valence-electron chi connectivity index (χ3n) is 5.06. The predicted octanol–water partition coefficient (Wildman–Crippen LogP) is 4.69. The topological polar surface area (TPSA) is 104 Å². The summed E-state index contributed by atoms with van der Waals surface area (Å²) in [5, 5.41) is 28.3. The summed E-state index contributed by atoms with van der Waals surface area (Å²) in [4.78, 5) is 4.62. The molecule has 0 amide bonds. The Morgan fingerprint density at radius 1 is 1.14 bits per heavy atom. The third-order valence-corrected chi connectivity index (χ3v) is 5.28. The van der Waals surface area contributed by atoms with Crippen molar-refractivity contribution < 1.29 is 27.8 Å². The van der Waals surface area contributed by atoms with E-state index in [4.69, 9.17) is 26.3 Å². The highest BCUT2D eigenvalue weighted by Crippen LogP contribution is 2.36. The Hall–Kier alpha value is -4.14. The van der Waals surface area contributed by atoms with Crippen LogP contribution >= 0.6 is 11.6 Å². The number of methoxy groups -OCH3 is 1. The van der Waals surface area contributed by atoms with Crippen molar-refractivity contribution in [3.8, 4) is 29.0 Å². The van der Waals surface area contributed by atoms with Gasteiger partial charge in [-0.1, -0.05) is 41.9 Å². The average molecular weight is 516 g/mol. The Morgan fingerprint density at radius 3 is 2.56 bits per heavy atom. The van der Waals surface area contributed by atoms with E-state index in [-0.39, 0.29) is 28.8 Å². The molecule has 4 rings (SSSR count). The van der Waals surface area contributed by atoms with Gasteiger partial charge >= 0.3 is 6.18 Å². The lowest BCUT2D eigenvalue weighted by molar-refractivity contribution is -0.0997. The fraction of sp³-hybridized carbons (Fsp3) is 0.167. The molecule has 0 radical (unpaired) electrons. The van der Waals surface area contributed by atoms with E-state index >= 15 is 0 Å². The van der Waals surface area contributed by atoms with E-state index in [1.54, 1.807) is 6.07 Å². The normalized spacial score (nSPS) is 15.6. The fourth-order valence-corrected chi connectivity index (χ4v) is 3.66. The molecule has 1 N–H and O–H groups in total. The molecule has 2 heterocycles. The van der Waals surface area contributed by atoms with Gasteiger partial charge in [0.2, 0.25) is 5.88 Å². The van der Waals surface area contributed by atoms with Crippen molar-refractivity contribution >= 4 is 17.9 Å². The first-order valence-corrected chi connectivity index (χ1v) is 10.7. The van der Waals surface area contributed by atoms with Crippen molar-refractivity contribution in [1.29, 1.82) is 5.26 Å². The SMILES string of the molecule is COc1nnc(-c2ccccc2)cc1CN1C=NC(C(F)(F)F)=C(Oc2cc(Cl)cc(C#N)c2)C1O. The van der Waals surface area contributed by atoms with E-state index in [0.717, 1.165) is 16.8 Å². The van der Waals surface area contributed by atoms with E-state index in [1.165, 1.54) is 25.3 Å². The maximum Gasteiger partial charge on any atom is 0.436 e. The number of hydrogen-bond donors (Lipinski definition) is 1. The average Bonchev–Trinajstić information content (AvgIpc) is 2.85. The van der Waals surface area contributed by atoms with Gasteiger partial charge in [0.1, 0.15) is 5.75 Å². The third kappa shape index (κ3) is 5.40. The molecule has 1 unspecified atom stereocenters. The van der Waals surface area contributed by atoms with Gasteiger partial charge in [0.05, 0.1) is 37.3 Å². The second-order valence-electron chi connectivity index (χ2n) is 7.52. The number of ether oxygens (including phenoxy) is 2. The van der Waals surface area contributed by atoms with Crippen molar-refractivity contribution in [1.82, 2.24) is 15.1 Å². The van der Waals surface area contributed by atoms with Gasteiger partial charge in [-0.25, -0.2) is 4.99 Å². The molecule has 1 aromatic heterocycles. The molecule has 0 saturated carbocycles. The highest BCUT2D eigenvalue weighted by molar-refractivity contribution is 6.30. The summed E-state index contributed by atoms with van der Waals surface area (Å²) < 4.78 is 51.8. The number of benzene rings is 2. The number of aliphatic imine (C=N–C) groups is 1. The lowest BCUT2D eigenvalue weighted by atomic mass is 10.1. The first-order valence-electron chi connectivity index (χ1n) is 10.3. The minimum Gasteiger partial charge on any atom is -0.480 e. The lowest BCUT2D eigenvalue weighted by Crippen LogP contribution is -2.41. The molecule has 0 bridgehead atoms. The van der Waals surface area contributed by atoms with Crippen LogP contribution in [0.1, 0.15) is 11.1 Å². The number of nitriles is 1. The number of aromatic nitrogens is 2. The zero-order valence-electron chi connectivity index (χ0n) is 18.6. The van der Waals surface area contributed by atoms with Crippen LogP contribution in [0.25, 0.3) is 11.3 Å². The van der Waals surface area contributed by atoms with Crippen LogP contribution in [0.15, 0.2) is 71.0 Å². The van der Waals surface area contributed by atoms with Crippen molar-refractivity contribution in [2.75, 3.05) is 7.11 Å². The molecule has 0 saturated heterocycles. The van der Waals surface area contributed by atoms with E-state index in [2.05, 4.69) is 15.2 Å².